The van der Waals surface area contributed by atoms with Gasteiger partial charge in [-0.3, -0.25) is 14.4 Å². The Hall–Kier alpha value is -3.59. The summed E-state index contributed by atoms with van der Waals surface area (Å²) in [6.07, 6.45) is 0.903. The van der Waals surface area contributed by atoms with Gasteiger partial charge in [0.2, 0.25) is 17.7 Å². The number of hydrogen-bond donors (Lipinski definition) is 2. The van der Waals surface area contributed by atoms with E-state index in [1.807, 2.05) is 61.5 Å². The van der Waals surface area contributed by atoms with E-state index < -0.39 is 5.92 Å². The fourth-order valence-corrected chi connectivity index (χ4v) is 5.61. The molecule has 5 rings (SSSR count). The first-order valence-corrected chi connectivity index (χ1v) is 13.3. The molecule has 0 saturated carbocycles. The van der Waals surface area contributed by atoms with Gasteiger partial charge in [0, 0.05) is 42.3 Å². The Balaban J connectivity index is 1.23. The molecule has 3 heterocycles. The van der Waals surface area contributed by atoms with Gasteiger partial charge in [-0.05, 0) is 31.0 Å². The summed E-state index contributed by atoms with van der Waals surface area (Å²) in [4.78, 5) is 40.2. The average molecular weight is 504 g/mol. The molecule has 1 fully saturated rings. The highest BCUT2D eigenvalue weighted by atomic mass is 32.2. The second kappa shape index (κ2) is 10.6. The summed E-state index contributed by atoms with van der Waals surface area (Å²) in [5.41, 5.74) is 4.94. The first-order chi connectivity index (χ1) is 17.5. The summed E-state index contributed by atoms with van der Waals surface area (Å²) >= 11 is 1.73. The van der Waals surface area contributed by atoms with E-state index in [1.54, 1.807) is 21.3 Å². The lowest BCUT2D eigenvalue weighted by molar-refractivity contribution is -0.122. The van der Waals surface area contributed by atoms with E-state index in [9.17, 15) is 14.4 Å². The lowest BCUT2D eigenvalue weighted by Crippen LogP contribution is -2.32. The van der Waals surface area contributed by atoms with Crippen molar-refractivity contribution in [2.24, 2.45) is 5.92 Å². The summed E-state index contributed by atoms with van der Waals surface area (Å²) in [6, 6.07) is 17.7. The van der Waals surface area contributed by atoms with E-state index >= 15 is 0 Å². The molecular weight excluding hydrogens is 474 g/mol. The molecule has 3 aromatic rings. The lowest BCUT2D eigenvalue weighted by Gasteiger charge is -2.17. The standard InChI is InChI=1S/C27H29N5O3S/c1-18-7-9-21(10-8-18)31-14-20(13-25(31)34)27(35)29-26-22-16-36-17-23(22)30-32(26)15-24(33)28-12-11-19-5-3-2-4-6-19/h2-10,20H,11-17H2,1H3,(H,28,33)(H,29,35). The molecule has 1 atom stereocenters. The van der Waals surface area contributed by atoms with Crippen LogP contribution in [0.25, 0.3) is 0 Å². The van der Waals surface area contributed by atoms with E-state index in [0.717, 1.165) is 46.0 Å². The molecule has 0 aliphatic carbocycles. The number of aromatic nitrogens is 2. The zero-order valence-corrected chi connectivity index (χ0v) is 21.0. The van der Waals surface area contributed by atoms with Crippen LogP contribution >= 0.6 is 11.8 Å². The highest BCUT2D eigenvalue weighted by Crippen LogP contribution is 2.35. The SMILES string of the molecule is Cc1ccc(N2CC(C(=O)Nc3c4c(nn3CC(=O)NCCc3ccccc3)CSC4)CC2=O)cc1. The molecule has 1 aromatic heterocycles. The number of benzene rings is 2. The minimum absolute atomic E-state index is 0.0289. The smallest absolute Gasteiger partial charge is 0.241 e. The molecule has 2 aliphatic rings. The van der Waals surface area contributed by atoms with Crippen molar-refractivity contribution in [1.29, 1.82) is 0 Å². The molecule has 1 unspecified atom stereocenters. The number of anilines is 2. The van der Waals surface area contributed by atoms with Crippen molar-refractivity contribution >= 4 is 41.0 Å². The Morgan fingerprint density at radius 1 is 1.08 bits per heavy atom. The van der Waals surface area contributed by atoms with Gasteiger partial charge >= 0.3 is 0 Å². The molecule has 9 heteroatoms. The number of carbonyl (C=O) groups excluding carboxylic acids is 3. The first kappa shape index (κ1) is 24.1. The molecule has 36 heavy (non-hydrogen) atoms. The predicted molar refractivity (Wildman–Crippen MR) is 141 cm³/mol. The summed E-state index contributed by atoms with van der Waals surface area (Å²) < 4.78 is 1.59. The number of nitrogens with one attached hydrogen (secondary N) is 2. The number of carbonyl (C=O) groups is 3. The molecule has 2 aliphatic heterocycles. The van der Waals surface area contributed by atoms with Crippen molar-refractivity contribution in [1.82, 2.24) is 15.1 Å². The van der Waals surface area contributed by atoms with E-state index in [2.05, 4.69) is 15.7 Å². The van der Waals surface area contributed by atoms with Crippen LogP contribution in [0.3, 0.4) is 0 Å². The third kappa shape index (κ3) is 5.31. The highest BCUT2D eigenvalue weighted by molar-refractivity contribution is 7.98. The second-order valence-corrected chi connectivity index (χ2v) is 10.2. The number of rotatable bonds is 8. The molecule has 1 saturated heterocycles. The van der Waals surface area contributed by atoms with Gasteiger partial charge in [-0.2, -0.15) is 16.9 Å². The summed E-state index contributed by atoms with van der Waals surface area (Å²) in [7, 11) is 0. The van der Waals surface area contributed by atoms with Gasteiger partial charge < -0.3 is 15.5 Å². The van der Waals surface area contributed by atoms with Crippen molar-refractivity contribution < 1.29 is 14.4 Å². The Kier molecular flexibility index (Phi) is 7.09. The Morgan fingerprint density at radius 3 is 2.64 bits per heavy atom. The second-order valence-electron chi connectivity index (χ2n) is 9.24. The van der Waals surface area contributed by atoms with E-state index in [0.29, 0.717) is 18.9 Å². The summed E-state index contributed by atoms with van der Waals surface area (Å²) in [5.74, 6) is 1.15. The zero-order valence-electron chi connectivity index (χ0n) is 20.2. The number of aryl methyl sites for hydroxylation is 1. The van der Waals surface area contributed by atoms with Crippen molar-refractivity contribution in [3.8, 4) is 0 Å². The van der Waals surface area contributed by atoms with E-state index in [-0.39, 0.29) is 30.7 Å². The van der Waals surface area contributed by atoms with Crippen LogP contribution in [0, 0.1) is 12.8 Å². The Labute approximate surface area is 214 Å². The normalized spacial score (nSPS) is 16.8. The molecule has 0 radical (unpaired) electrons. The van der Waals surface area contributed by atoms with Gasteiger partial charge in [-0.25, -0.2) is 4.68 Å². The van der Waals surface area contributed by atoms with Gasteiger partial charge in [0.25, 0.3) is 0 Å². The van der Waals surface area contributed by atoms with Crippen LogP contribution in [0.4, 0.5) is 11.5 Å². The van der Waals surface area contributed by atoms with Gasteiger partial charge in [0.1, 0.15) is 12.4 Å². The molecule has 0 spiro atoms. The minimum atomic E-state index is -0.466. The number of hydrogen-bond acceptors (Lipinski definition) is 5. The van der Waals surface area contributed by atoms with E-state index in [4.69, 9.17) is 0 Å². The topological polar surface area (TPSA) is 96.3 Å². The number of fused-ring (bicyclic) bond motifs is 1. The van der Waals surface area contributed by atoms with Gasteiger partial charge in [-0.15, -0.1) is 0 Å². The van der Waals surface area contributed by atoms with Crippen LogP contribution in [0.1, 0.15) is 28.8 Å². The first-order valence-electron chi connectivity index (χ1n) is 12.1. The quantitative estimate of drug-likeness (QED) is 0.492. The monoisotopic (exact) mass is 503 g/mol. The fraction of sp³-hybridized carbons (Fsp3) is 0.333. The number of amides is 3. The summed E-state index contributed by atoms with van der Waals surface area (Å²) in [6.45, 7) is 2.88. The van der Waals surface area contributed by atoms with Gasteiger partial charge in [-0.1, -0.05) is 48.0 Å². The van der Waals surface area contributed by atoms with Crippen molar-refractivity contribution in [2.75, 3.05) is 23.3 Å². The maximum atomic E-state index is 13.2. The van der Waals surface area contributed by atoms with Crippen molar-refractivity contribution in [2.45, 2.75) is 37.8 Å². The maximum Gasteiger partial charge on any atom is 0.241 e. The third-order valence-corrected chi connectivity index (χ3v) is 7.54. The molecule has 2 N–H and O–H groups in total. The highest BCUT2D eigenvalue weighted by Gasteiger charge is 2.36. The third-order valence-electron chi connectivity index (χ3n) is 6.57. The lowest BCUT2D eigenvalue weighted by atomic mass is 10.1. The molecular formula is C27H29N5O3S. The molecule has 8 nitrogen and oxygen atoms in total. The number of nitrogens with zero attached hydrogens (tertiary/aromatic N) is 3. The van der Waals surface area contributed by atoms with Crippen molar-refractivity contribution in [3.63, 3.8) is 0 Å². The fourth-order valence-electron chi connectivity index (χ4n) is 4.58. The van der Waals surface area contributed by atoms with Crippen LogP contribution in [0.15, 0.2) is 54.6 Å². The molecule has 0 bridgehead atoms. The number of thioether (sulfide) groups is 1. The minimum Gasteiger partial charge on any atom is -0.354 e. The zero-order chi connectivity index (χ0) is 25.1. The van der Waals surface area contributed by atoms with E-state index in [1.165, 1.54) is 0 Å². The van der Waals surface area contributed by atoms with Gasteiger partial charge in [0.05, 0.1) is 11.6 Å². The van der Waals surface area contributed by atoms with Crippen LogP contribution in [-0.4, -0.2) is 40.6 Å². The van der Waals surface area contributed by atoms with Crippen LogP contribution < -0.4 is 15.5 Å². The molecule has 3 amide bonds. The van der Waals surface area contributed by atoms with Crippen LogP contribution in [0.2, 0.25) is 0 Å². The maximum absolute atomic E-state index is 13.2. The predicted octanol–water partition coefficient (Wildman–Crippen LogP) is 3.29. The van der Waals surface area contributed by atoms with Crippen LogP contribution in [0.5, 0.6) is 0 Å². The largest absolute Gasteiger partial charge is 0.354 e. The summed E-state index contributed by atoms with van der Waals surface area (Å²) in [5, 5.41) is 10.6. The Bertz CT molecular complexity index is 1270. The molecule has 2 aromatic carbocycles. The van der Waals surface area contributed by atoms with Crippen LogP contribution in [-0.2, 0) is 38.9 Å². The van der Waals surface area contributed by atoms with Gasteiger partial charge in [0.15, 0.2) is 0 Å². The Morgan fingerprint density at radius 2 is 1.86 bits per heavy atom. The average Bonchev–Trinajstić information content (AvgIpc) is 3.57. The van der Waals surface area contributed by atoms with Crippen molar-refractivity contribution in [3.05, 3.63) is 77.0 Å². The molecule has 186 valence electrons.